The van der Waals surface area contributed by atoms with Gasteiger partial charge in [0.1, 0.15) is 0 Å². The van der Waals surface area contributed by atoms with Crippen LogP contribution < -0.4 is 0 Å². The van der Waals surface area contributed by atoms with Crippen LogP contribution in [-0.2, 0) is 6.54 Å². The summed E-state index contributed by atoms with van der Waals surface area (Å²) >= 11 is 0. The number of hydrogen-bond acceptors (Lipinski definition) is 3. The van der Waals surface area contributed by atoms with Crippen molar-refractivity contribution in [2.75, 3.05) is 6.54 Å². The number of hydrogen-bond donors (Lipinski definition) is 0. The predicted molar refractivity (Wildman–Crippen MR) is 93.0 cm³/mol. The van der Waals surface area contributed by atoms with Gasteiger partial charge in [-0.05, 0) is 39.3 Å². The third-order valence-electron chi connectivity index (χ3n) is 4.12. The lowest BCUT2D eigenvalue weighted by molar-refractivity contribution is 0.0754. The SMILES string of the molecule is CCN(Cc1cnn(C(C)C)c1)C(=O)c1cnn2cc(C)ccc12. The van der Waals surface area contributed by atoms with Gasteiger partial charge >= 0.3 is 0 Å². The van der Waals surface area contributed by atoms with Gasteiger partial charge in [-0.25, -0.2) is 4.52 Å². The van der Waals surface area contributed by atoms with Gasteiger partial charge in [0.15, 0.2) is 0 Å². The van der Waals surface area contributed by atoms with Crippen molar-refractivity contribution in [3.63, 3.8) is 0 Å². The second-order valence-corrected chi connectivity index (χ2v) is 6.34. The molecule has 0 bridgehead atoms. The molecule has 0 aliphatic carbocycles. The molecule has 3 rings (SSSR count). The molecule has 0 saturated carbocycles. The van der Waals surface area contributed by atoms with Crippen molar-refractivity contribution in [2.45, 2.75) is 40.3 Å². The molecule has 0 aliphatic rings. The van der Waals surface area contributed by atoms with E-state index in [0.29, 0.717) is 24.7 Å². The molecular formula is C18H23N5O. The van der Waals surface area contributed by atoms with Crippen LogP contribution in [0.4, 0.5) is 0 Å². The Morgan fingerprint density at radius 3 is 2.67 bits per heavy atom. The highest BCUT2D eigenvalue weighted by Crippen LogP contribution is 2.16. The molecule has 0 saturated heterocycles. The number of nitrogens with zero attached hydrogens (tertiary/aromatic N) is 5. The summed E-state index contributed by atoms with van der Waals surface area (Å²) in [5.41, 5.74) is 3.61. The maximum atomic E-state index is 12.9. The Kier molecular flexibility index (Phi) is 4.38. The van der Waals surface area contributed by atoms with Crippen LogP contribution >= 0.6 is 0 Å². The summed E-state index contributed by atoms with van der Waals surface area (Å²) in [4.78, 5) is 14.7. The maximum Gasteiger partial charge on any atom is 0.257 e. The molecule has 3 heterocycles. The first-order valence-corrected chi connectivity index (χ1v) is 8.26. The zero-order chi connectivity index (χ0) is 17.3. The average molecular weight is 325 g/mol. The van der Waals surface area contributed by atoms with E-state index in [9.17, 15) is 4.79 Å². The van der Waals surface area contributed by atoms with Crippen LogP contribution in [0.5, 0.6) is 0 Å². The molecule has 0 atom stereocenters. The van der Waals surface area contributed by atoms with E-state index < -0.39 is 0 Å². The zero-order valence-electron chi connectivity index (χ0n) is 14.6. The molecule has 0 aromatic carbocycles. The third kappa shape index (κ3) is 3.04. The quantitative estimate of drug-likeness (QED) is 0.724. The van der Waals surface area contributed by atoms with Crippen LogP contribution in [0, 0.1) is 6.92 Å². The van der Waals surface area contributed by atoms with Crippen molar-refractivity contribution in [3.05, 3.63) is 53.6 Å². The van der Waals surface area contributed by atoms with Crippen LogP contribution in [0.2, 0.25) is 0 Å². The van der Waals surface area contributed by atoms with Crippen molar-refractivity contribution < 1.29 is 4.79 Å². The van der Waals surface area contributed by atoms with Gasteiger partial charge in [-0.1, -0.05) is 6.07 Å². The van der Waals surface area contributed by atoms with E-state index in [1.807, 2.05) is 54.2 Å². The summed E-state index contributed by atoms with van der Waals surface area (Å²) in [6.07, 6.45) is 7.40. The van der Waals surface area contributed by atoms with Crippen LogP contribution in [0.25, 0.3) is 5.52 Å². The fraction of sp³-hybridized carbons (Fsp3) is 0.389. The summed E-state index contributed by atoms with van der Waals surface area (Å²) in [6, 6.07) is 4.25. The fourth-order valence-corrected chi connectivity index (χ4v) is 2.71. The second kappa shape index (κ2) is 6.47. The number of fused-ring (bicyclic) bond motifs is 1. The number of aryl methyl sites for hydroxylation is 1. The van der Waals surface area contributed by atoms with Crippen LogP contribution in [0.3, 0.4) is 0 Å². The number of carbonyl (C=O) groups excluding carboxylic acids is 1. The highest BCUT2D eigenvalue weighted by Gasteiger charge is 2.19. The molecule has 0 unspecified atom stereocenters. The topological polar surface area (TPSA) is 55.4 Å². The molecule has 0 fully saturated rings. The molecule has 0 spiro atoms. The third-order valence-corrected chi connectivity index (χ3v) is 4.12. The lowest BCUT2D eigenvalue weighted by Crippen LogP contribution is -2.30. The number of pyridine rings is 1. The van der Waals surface area contributed by atoms with Gasteiger partial charge in [0.2, 0.25) is 0 Å². The normalized spacial score (nSPS) is 11.4. The smallest absolute Gasteiger partial charge is 0.257 e. The standard InChI is InChI=1S/C18H23N5O/c1-5-21(11-15-8-19-22(12-15)13(2)3)18(24)16-9-20-23-10-14(4)6-7-17(16)23/h6-10,12-13H,5,11H2,1-4H3. The summed E-state index contributed by atoms with van der Waals surface area (Å²) in [5, 5.41) is 8.65. The number of amides is 1. The molecule has 6 heteroatoms. The second-order valence-electron chi connectivity index (χ2n) is 6.34. The fourth-order valence-electron chi connectivity index (χ4n) is 2.71. The highest BCUT2D eigenvalue weighted by molar-refractivity contribution is 6.00. The van der Waals surface area contributed by atoms with Crippen LogP contribution in [0.15, 0.2) is 36.9 Å². The molecule has 126 valence electrons. The first kappa shape index (κ1) is 16.2. The Bertz CT molecular complexity index is 861. The molecule has 1 amide bonds. The molecule has 0 N–H and O–H groups in total. The Labute approximate surface area is 141 Å². The van der Waals surface area contributed by atoms with E-state index in [2.05, 4.69) is 24.0 Å². The molecule has 0 radical (unpaired) electrons. The molecule has 0 aliphatic heterocycles. The molecule has 6 nitrogen and oxygen atoms in total. The monoisotopic (exact) mass is 325 g/mol. The van der Waals surface area contributed by atoms with E-state index in [1.54, 1.807) is 10.7 Å². The summed E-state index contributed by atoms with van der Waals surface area (Å²) in [7, 11) is 0. The van der Waals surface area contributed by atoms with E-state index >= 15 is 0 Å². The van der Waals surface area contributed by atoms with E-state index in [1.165, 1.54) is 0 Å². The average Bonchev–Trinajstić information content (AvgIpc) is 3.18. The van der Waals surface area contributed by atoms with Crippen LogP contribution in [0.1, 0.15) is 48.3 Å². The van der Waals surface area contributed by atoms with E-state index in [0.717, 1.165) is 16.6 Å². The molecule has 3 aromatic rings. The summed E-state index contributed by atoms with van der Waals surface area (Å²) in [6.45, 7) is 9.34. The van der Waals surface area contributed by atoms with Gasteiger partial charge in [-0.15, -0.1) is 0 Å². The first-order valence-electron chi connectivity index (χ1n) is 8.26. The van der Waals surface area contributed by atoms with E-state index in [4.69, 9.17) is 0 Å². The van der Waals surface area contributed by atoms with Crippen molar-refractivity contribution >= 4 is 11.4 Å². The Hall–Kier alpha value is -2.63. The van der Waals surface area contributed by atoms with Gasteiger partial charge in [0, 0.05) is 37.1 Å². The minimum absolute atomic E-state index is 0.00588. The largest absolute Gasteiger partial charge is 0.334 e. The number of rotatable bonds is 5. The highest BCUT2D eigenvalue weighted by atomic mass is 16.2. The van der Waals surface area contributed by atoms with Gasteiger partial charge in [-0.2, -0.15) is 10.2 Å². The lowest BCUT2D eigenvalue weighted by Gasteiger charge is -2.19. The number of carbonyl (C=O) groups is 1. The minimum Gasteiger partial charge on any atom is -0.334 e. The van der Waals surface area contributed by atoms with E-state index in [-0.39, 0.29) is 5.91 Å². The van der Waals surface area contributed by atoms with Crippen molar-refractivity contribution in [2.24, 2.45) is 0 Å². The predicted octanol–water partition coefficient (Wildman–Crippen LogP) is 3.08. The summed E-state index contributed by atoms with van der Waals surface area (Å²) < 4.78 is 3.67. The molecule has 3 aromatic heterocycles. The van der Waals surface area contributed by atoms with Crippen molar-refractivity contribution in [1.29, 1.82) is 0 Å². The number of aromatic nitrogens is 4. The minimum atomic E-state index is -0.00588. The first-order chi connectivity index (χ1) is 11.5. The van der Waals surface area contributed by atoms with Gasteiger partial charge in [0.05, 0.1) is 23.5 Å². The molecule has 24 heavy (non-hydrogen) atoms. The lowest BCUT2D eigenvalue weighted by atomic mass is 10.2. The maximum absolute atomic E-state index is 12.9. The van der Waals surface area contributed by atoms with Gasteiger partial charge in [-0.3, -0.25) is 9.48 Å². The summed E-state index contributed by atoms with van der Waals surface area (Å²) in [5.74, 6) is -0.00588. The zero-order valence-corrected chi connectivity index (χ0v) is 14.6. The van der Waals surface area contributed by atoms with Gasteiger partial charge < -0.3 is 4.90 Å². The Balaban J connectivity index is 1.84. The Morgan fingerprint density at radius 1 is 1.21 bits per heavy atom. The van der Waals surface area contributed by atoms with Crippen LogP contribution in [-0.4, -0.2) is 36.7 Å². The van der Waals surface area contributed by atoms with Crippen molar-refractivity contribution in [3.8, 4) is 0 Å². The molecular weight excluding hydrogens is 302 g/mol. The van der Waals surface area contributed by atoms with Gasteiger partial charge in [0.25, 0.3) is 5.91 Å². The Morgan fingerprint density at radius 2 is 2.00 bits per heavy atom. The van der Waals surface area contributed by atoms with Crippen molar-refractivity contribution in [1.82, 2.24) is 24.3 Å².